The Balaban J connectivity index is 1.83. The number of ether oxygens (including phenoxy) is 1. The second kappa shape index (κ2) is 9.77. The minimum Gasteiger partial charge on any atom is -0.497 e. The summed E-state index contributed by atoms with van der Waals surface area (Å²) in [4.78, 5) is 14.9. The van der Waals surface area contributed by atoms with Gasteiger partial charge in [0.25, 0.3) is 5.91 Å². The summed E-state index contributed by atoms with van der Waals surface area (Å²) in [6, 6.07) is 18.5. The molecule has 3 aromatic rings. The number of amides is 1. The minimum absolute atomic E-state index is 0.140. The Bertz CT molecular complexity index is 992. The van der Waals surface area contributed by atoms with E-state index >= 15 is 0 Å². The quantitative estimate of drug-likeness (QED) is 0.457. The second-order valence-electron chi connectivity index (χ2n) is 6.57. The number of nitrogens with zero attached hydrogens (tertiary/aromatic N) is 1. The lowest BCUT2D eigenvalue weighted by Crippen LogP contribution is -2.32. The zero-order valence-corrected chi connectivity index (χ0v) is 17.4. The normalized spacial score (nSPS) is 10.6. The summed E-state index contributed by atoms with van der Waals surface area (Å²) >= 11 is 12.2. The third-order valence-corrected chi connectivity index (χ3v) is 5.14. The van der Waals surface area contributed by atoms with E-state index in [0.717, 1.165) is 11.1 Å². The van der Waals surface area contributed by atoms with Crippen molar-refractivity contribution in [2.45, 2.75) is 13.0 Å². The number of halogens is 3. The van der Waals surface area contributed by atoms with Gasteiger partial charge < -0.3 is 9.64 Å². The molecule has 3 aromatic carbocycles. The molecule has 0 saturated carbocycles. The van der Waals surface area contributed by atoms with Gasteiger partial charge in [-0.2, -0.15) is 0 Å². The fourth-order valence-electron chi connectivity index (χ4n) is 2.98. The number of rotatable bonds is 7. The van der Waals surface area contributed by atoms with Crippen LogP contribution in [0.4, 0.5) is 4.39 Å². The zero-order chi connectivity index (χ0) is 20.8. The van der Waals surface area contributed by atoms with Gasteiger partial charge in [0.05, 0.1) is 7.11 Å². The number of carbonyl (C=O) groups is 1. The largest absolute Gasteiger partial charge is 0.497 e. The van der Waals surface area contributed by atoms with Crippen molar-refractivity contribution in [1.29, 1.82) is 0 Å². The molecular weight excluding hydrogens is 412 g/mol. The van der Waals surface area contributed by atoms with E-state index in [2.05, 4.69) is 0 Å². The van der Waals surface area contributed by atoms with E-state index in [4.69, 9.17) is 27.9 Å². The molecule has 0 aromatic heterocycles. The lowest BCUT2D eigenvalue weighted by molar-refractivity contribution is 0.0744. The maximum Gasteiger partial charge on any atom is 0.254 e. The average molecular weight is 432 g/mol. The topological polar surface area (TPSA) is 29.5 Å². The molecule has 0 radical (unpaired) electrons. The van der Waals surface area contributed by atoms with Gasteiger partial charge in [-0.05, 0) is 60.0 Å². The molecule has 0 heterocycles. The lowest BCUT2D eigenvalue weighted by Gasteiger charge is -2.23. The van der Waals surface area contributed by atoms with E-state index in [1.54, 1.807) is 60.5 Å². The summed E-state index contributed by atoms with van der Waals surface area (Å²) in [5.74, 6) is 0.156. The van der Waals surface area contributed by atoms with Gasteiger partial charge in [-0.3, -0.25) is 4.79 Å². The van der Waals surface area contributed by atoms with Crippen LogP contribution < -0.4 is 4.74 Å². The standard InChI is InChI=1S/C23H20Cl2FNO2/c1-29-21-4-2-3-18(13-21)23(28)27(15-16-5-9-20(26)10-6-16)12-11-17-7-8-19(24)14-22(17)25/h2-10,13-14H,11-12,15H2,1H3. The molecule has 3 rings (SSSR count). The van der Waals surface area contributed by atoms with Gasteiger partial charge in [0.15, 0.2) is 0 Å². The van der Waals surface area contributed by atoms with E-state index < -0.39 is 0 Å². The summed E-state index contributed by atoms with van der Waals surface area (Å²) in [7, 11) is 1.56. The molecule has 0 saturated heterocycles. The first-order valence-corrected chi connectivity index (χ1v) is 9.83. The maximum absolute atomic E-state index is 13.3. The minimum atomic E-state index is -0.313. The molecule has 0 N–H and O–H groups in total. The van der Waals surface area contributed by atoms with Crippen LogP contribution in [-0.2, 0) is 13.0 Å². The maximum atomic E-state index is 13.3. The number of methoxy groups -OCH3 is 1. The van der Waals surface area contributed by atoms with Gasteiger partial charge in [0.2, 0.25) is 0 Å². The van der Waals surface area contributed by atoms with Gasteiger partial charge in [-0.1, -0.05) is 47.5 Å². The molecule has 0 fully saturated rings. The third kappa shape index (κ3) is 5.72. The van der Waals surface area contributed by atoms with Crippen molar-refractivity contribution in [3.8, 4) is 5.75 Å². The van der Waals surface area contributed by atoms with E-state index in [1.165, 1.54) is 12.1 Å². The molecule has 0 unspecified atom stereocenters. The van der Waals surface area contributed by atoms with Crippen molar-refractivity contribution < 1.29 is 13.9 Å². The highest BCUT2D eigenvalue weighted by Crippen LogP contribution is 2.23. The SMILES string of the molecule is COc1cccc(C(=O)N(CCc2ccc(Cl)cc2Cl)Cc2ccc(F)cc2)c1. The van der Waals surface area contributed by atoms with Crippen molar-refractivity contribution in [3.63, 3.8) is 0 Å². The highest BCUT2D eigenvalue weighted by Gasteiger charge is 2.17. The van der Waals surface area contributed by atoms with Crippen LogP contribution in [0, 0.1) is 5.82 Å². The molecule has 1 amide bonds. The van der Waals surface area contributed by atoms with Crippen LogP contribution in [0.3, 0.4) is 0 Å². The molecule has 0 bridgehead atoms. The molecule has 150 valence electrons. The van der Waals surface area contributed by atoms with E-state index in [0.29, 0.717) is 40.9 Å². The van der Waals surface area contributed by atoms with Crippen molar-refractivity contribution >= 4 is 29.1 Å². The summed E-state index contributed by atoms with van der Waals surface area (Å²) < 4.78 is 18.5. The Morgan fingerprint density at radius 1 is 1.03 bits per heavy atom. The Labute approximate surface area is 179 Å². The van der Waals surface area contributed by atoms with Crippen LogP contribution in [0.2, 0.25) is 10.0 Å². The molecule has 29 heavy (non-hydrogen) atoms. The van der Waals surface area contributed by atoms with Gasteiger partial charge in [-0.25, -0.2) is 4.39 Å². The molecule has 0 aliphatic rings. The van der Waals surface area contributed by atoms with Crippen molar-refractivity contribution in [1.82, 2.24) is 4.90 Å². The number of carbonyl (C=O) groups excluding carboxylic acids is 1. The fourth-order valence-corrected chi connectivity index (χ4v) is 3.48. The van der Waals surface area contributed by atoms with Crippen LogP contribution in [0.25, 0.3) is 0 Å². The second-order valence-corrected chi connectivity index (χ2v) is 7.41. The first-order chi connectivity index (χ1) is 14.0. The highest BCUT2D eigenvalue weighted by molar-refractivity contribution is 6.35. The number of hydrogen-bond acceptors (Lipinski definition) is 2. The van der Waals surface area contributed by atoms with E-state index in [-0.39, 0.29) is 11.7 Å². The zero-order valence-electron chi connectivity index (χ0n) is 15.9. The Morgan fingerprint density at radius 2 is 1.79 bits per heavy atom. The average Bonchev–Trinajstić information content (AvgIpc) is 2.73. The molecule has 0 atom stereocenters. The molecular formula is C23H20Cl2FNO2. The Kier molecular flexibility index (Phi) is 7.13. The van der Waals surface area contributed by atoms with E-state index in [9.17, 15) is 9.18 Å². The lowest BCUT2D eigenvalue weighted by atomic mass is 10.1. The summed E-state index contributed by atoms with van der Waals surface area (Å²) in [5, 5.41) is 1.13. The predicted molar refractivity (Wildman–Crippen MR) is 114 cm³/mol. The van der Waals surface area contributed by atoms with E-state index in [1.807, 2.05) is 6.07 Å². The molecule has 3 nitrogen and oxygen atoms in total. The van der Waals surface area contributed by atoms with Gasteiger partial charge >= 0.3 is 0 Å². The summed E-state index contributed by atoms with van der Waals surface area (Å²) in [6.07, 6.45) is 0.562. The smallest absolute Gasteiger partial charge is 0.254 e. The van der Waals surface area contributed by atoms with Gasteiger partial charge in [0.1, 0.15) is 11.6 Å². The van der Waals surface area contributed by atoms with Crippen LogP contribution in [0.15, 0.2) is 66.7 Å². The fraction of sp³-hybridized carbons (Fsp3) is 0.174. The van der Waals surface area contributed by atoms with Gasteiger partial charge in [-0.15, -0.1) is 0 Å². The first-order valence-electron chi connectivity index (χ1n) is 9.08. The molecule has 6 heteroatoms. The Morgan fingerprint density at radius 3 is 2.48 bits per heavy atom. The molecule has 0 spiro atoms. The van der Waals surface area contributed by atoms with Crippen molar-refractivity contribution in [2.24, 2.45) is 0 Å². The highest BCUT2D eigenvalue weighted by atomic mass is 35.5. The Hall–Kier alpha value is -2.56. The van der Waals surface area contributed by atoms with Crippen LogP contribution >= 0.6 is 23.2 Å². The summed E-state index contributed by atoms with van der Waals surface area (Å²) in [5.41, 5.74) is 2.26. The monoisotopic (exact) mass is 431 g/mol. The predicted octanol–water partition coefficient (Wildman–Crippen LogP) is 6.03. The van der Waals surface area contributed by atoms with Crippen LogP contribution in [0.5, 0.6) is 5.75 Å². The summed E-state index contributed by atoms with van der Waals surface area (Å²) in [6.45, 7) is 0.788. The number of benzene rings is 3. The first kappa shape index (κ1) is 21.2. The van der Waals surface area contributed by atoms with Crippen molar-refractivity contribution in [2.75, 3.05) is 13.7 Å². The molecule has 0 aliphatic heterocycles. The van der Waals surface area contributed by atoms with Crippen LogP contribution in [0.1, 0.15) is 21.5 Å². The van der Waals surface area contributed by atoms with Crippen molar-refractivity contribution in [3.05, 3.63) is 99.3 Å². The van der Waals surface area contributed by atoms with Gasteiger partial charge in [0, 0.05) is 28.7 Å². The number of hydrogen-bond donors (Lipinski definition) is 0. The third-order valence-electron chi connectivity index (χ3n) is 4.56. The molecule has 0 aliphatic carbocycles. The van der Waals surface area contributed by atoms with Crippen LogP contribution in [-0.4, -0.2) is 24.5 Å².